The Bertz CT molecular complexity index is 1360. The summed E-state index contributed by atoms with van der Waals surface area (Å²) in [5.74, 6) is -0.318. The van der Waals surface area contributed by atoms with Crippen molar-refractivity contribution in [2.75, 3.05) is 29.9 Å². The second kappa shape index (κ2) is 13.1. The van der Waals surface area contributed by atoms with E-state index in [1.807, 2.05) is 0 Å². The molecule has 43 heavy (non-hydrogen) atoms. The van der Waals surface area contributed by atoms with Crippen LogP contribution in [0.5, 0.6) is 0 Å². The smallest absolute Gasteiger partial charge is 0.382 e. The monoisotopic (exact) mass is 613 g/mol. The van der Waals surface area contributed by atoms with Crippen LogP contribution in [0.25, 0.3) is 0 Å². The molecule has 2 aromatic rings. The fourth-order valence-corrected chi connectivity index (χ4v) is 5.43. The normalized spacial score (nSPS) is 19.9. The van der Waals surface area contributed by atoms with Crippen molar-refractivity contribution >= 4 is 23.0 Å². The van der Waals surface area contributed by atoms with E-state index >= 15 is 0 Å². The summed E-state index contributed by atoms with van der Waals surface area (Å²) in [5.41, 5.74) is -3.25. The summed E-state index contributed by atoms with van der Waals surface area (Å²) < 4.78 is 85.4. The van der Waals surface area contributed by atoms with Crippen LogP contribution >= 0.6 is 0 Å². The zero-order chi connectivity index (χ0) is 31.4. The van der Waals surface area contributed by atoms with Gasteiger partial charge in [-0.1, -0.05) is 0 Å². The molecule has 2 aromatic carbocycles. The van der Waals surface area contributed by atoms with E-state index in [-0.39, 0.29) is 36.4 Å². The predicted molar refractivity (Wildman–Crippen MR) is 143 cm³/mol. The minimum atomic E-state index is -4.87. The van der Waals surface area contributed by atoms with Gasteiger partial charge < -0.3 is 20.3 Å². The molecule has 2 N–H and O–H groups in total. The highest BCUT2D eigenvalue weighted by molar-refractivity contribution is 5.77. The van der Waals surface area contributed by atoms with Crippen LogP contribution < -0.4 is 15.5 Å². The number of halogens is 6. The topological polar surface area (TPSA) is 121 Å². The van der Waals surface area contributed by atoms with Crippen LogP contribution in [0.4, 0.5) is 43.4 Å². The Morgan fingerprint density at radius 3 is 2.19 bits per heavy atom. The Hall–Kier alpha value is -4.06. The quantitative estimate of drug-likeness (QED) is 0.212. The maximum Gasteiger partial charge on any atom is 0.423 e. The van der Waals surface area contributed by atoms with Crippen molar-refractivity contribution < 1.29 is 40.8 Å². The average Bonchev–Trinajstić information content (AvgIpc) is 2.96. The number of nitro groups is 1. The maximum absolute atomic E-state index is 13.3. The number of piperidine rings is 1. The van der Waals surface area contributed by atoms with Crippen LogP contribution in [-0.4, -0.2) is 48.7 Å². The molecule has 2 aliphatic rings. The highest BCUT2D eigenvalue weighted by Gasteiger charge is 2.39. The third-order valence-electron chi connectivity index (χ3n) is 7.65. The Morgan fingerprint density at radius 1 is 0.953 bits per heavy atom. The van der Waals surface area contributed by atoms with Gasteiger partial charge in [-0.15, -0.1) is 0 Å². The van der Waals surface area contributed by atoms with Crippen molar-refractivity contribution in [2.24, 2.45) is 0 Å². The lowest BCUT2D eigenvalue weighted by Crippen LogP contribution is -2.46. The molecule has 0 spiro atoms. The molecule has 0 unspecified atom stereocenters. The second-order valence-corrected chi connectivity index (χ2v) is 10.6. The fraction of sp³-hybridized carbons (Fsp3) is 0.500. The number of benzene rings is 2. The van der Waals surface area contributed by atoms with Gasteiger partial charge in [0.25, 0.3) is 5.69 Å². The number of nitro benzene ring substituents is 1. The van der Waals surface area contributed by atoms with E-state index in [2.05, 4.69) is 10.6 Å². The molecule has 232 valence electrons. The molecule has 1 saturated heterocycles. The number of alkyl halides is 6. The first-order valence-corrected chi connectivity index (χ1v) is 13.6. The molecule has 2 fully saturated rings. The first kappa shape index (κ1) is 31.9. The van der Waals surface area contributed by atoms with Crippen molar-refractivity contribution in [3.63, 3.8) is 0 Å². The number of hydrogen-bond donors (Lipinski definition) is 2. The minimum absolute atomic E-state index is 0.132. The number of nitrogens with zero attached hydrogens (tertiary/aromatic N) is 3. The standard InChI is InChI=1S/C28H29F6N5O4/c29-27(30,31)23-14-21(5-1-17(23)15-35)38-11-9-19(10-12-38)37-26(40)16-43-22-6-2-18(3-7-22)36-20-4-8-25(39(41)42)24(13-20)28(32,33)34/h1,4-5,8,13-14,18-19,22,36H,2-3,6-7,9-12,16H2,(H,37,40)/t18-,22-. The molecule has 1 amide bonds. The average molecular weight is 614 g/mol. The summed E-state index contributed by atoms with van der Waals surface area (Å²) in [6.07, 6.45) is -6.44. The van der Waals surface area contributed by atoms with Gasteiger partial charge in [-0.05, 0) is 68.9 Å². The van der Waals surface area contributed by atoms with E-state index in [1.165, 1.54) is 12.1 Å². The van der Waals surface area contributed by atoms with Crippen LogP contribution in [0, 0.1) is 21.4 Å². The van der Waals surface area contributed by atoms with Crippen molar-refractivity contribution in [1.29, 1.82) is 5.26 Å². The predicted octanol–water partition coefficient (Wildman–Crippen LogP) is 6.03. The van der Waals surface area contributed by atoms with Crippen LogP contribution in [0.2, 0.25) is 0 Å². The first-order chi connectivity index (χ1) is 20.2. The number of nitriles is 1. The van der Waals surface area contributed by atoms with E-state index in [0.29, 0.717) is 57.3 Å². The highest BCUT2D eigenvalue weighted by Crippen LogP contribution is 2.38. The molecule has 1 saturated carbocycles. The zero-order valence-corrected chi connectivity index (χ0v) is 22.8. The summed E-state index contributed by atoms with van der Waals surface area (Å²) >= 11 is 0. The van der Waals surface area contributed by atoms with Gasteiger partial charge in [0.05, 0.1) is 28.2 Å². The molecule has 0 bridgehead atoms. The molecular weight excluding hydrogens is 584 g/mol. The Morgan fingerprint density at radius 2 is 1.60 bits per heavy atom. The largest absolute Gasteiger partial charge is 0.423 e. The van der Waals surface area contributed by atoms with Gasteiger partial charge in [0.1, 0.15) is 12.2 Å². The zero-order valence-electron chi connectivity index (χ0n) is 22.8. The van der Waals surface area contributed by atoms with Crippen LogP contribution in [0.15, 0.2) is 36.4 Å². The van der Waals surface area contributed by atoms with Crippen molar-refractivity contribution in [2.45, 2.75) is 69.1 Å². The molecular formula is C28H29F6N5O4. The third kappa shape index (κ3) is 8.28. The van der Waals surface area contributed by atoms with Gasteiger partial charge in [-0.2, -0.15) is 31.6 Å². The highest BCUT2D eigenvalue weighted by atomic mass is 19.4. The maximum atomic E-state index is 13.3. The fourth-order valence-electron chi connectivity index (χ4n) is 5.43. The SMILES string of the molecule is N#Cc1ccc(N2CCC(NC(=O)CO[C@H]3CC[C@H](Nc4ccc([N+](=O)[O-])c(C(F)(F)F)c4)CC3)CC2)cc1C(F)(F)F. The number of carbonyl (C=O) groups is 1. The number of anilines is 2. The third-order valence-corrected chi connectivity index (χ3v) is 7.65. The van der Waals surface area contributed by atoms with E-state index < -0.39 is 39.7 Å². The lowest BCUT2D eigenvalue weighted by molar-refractivity contribution is -0.388. The van der Waals surface area contributed by atoms with Crippen molar-refractivity contribution in [1.82, 2.24) is 5.32 Å². The Kier molecular flexibility index (Phi) is 9.69. The number of amides is 1. The summed E-state index contributed by atoms with van der Waals surface area (Å²) in [7, 11) is 0. The van der Waals surface area contributed by atoms with Gasteiger partial charge in [-0.3, -0.25) is 14.9 Å². The van der Waals surface area contributed by atoms with Crippen LogP contribution in [-0.2, 0) is 21.9 Å². The molecule has 1 heterocycles. The number of carbonyl (C=O) groups excluding carboxylic acids is 1. The Balaban J connectivity index is 1.19. The summed E-state index contributed by atoms with van der Waals surface area (Å²) in [6, 6.07) is 7.66. The number of ether oxygens (including phenoxy) is 1. The number of nitrogens with one attached hydrogen (secondary N) is 2. The van der Waals surface area contributed by atoms with E-state index in [9.17, 15) is 41.3 Å². The van der Waals surface area contributed by atoms with Gasteiger partial charge in [0, 0.05) is 42.6 Å². The molecule has 4 rings (SSSR count). The van der Waals surface area contributed by atoms with Gasteiger partial charge in [0.2, 0.25) is 5.91 Å². The summed E-state index contributed by atoms with van der Waals surface area (Å²) in [4.78, 5) is 24.1. The number of rotatable bonds is 8. The number of hydrogen-bond acceptors (Lipinski definition) is 7. The van der Waals surface area contributed by atoms with Gasteiger partial charge in [0.15, 0.2) is 0 Å². The molecule has 9 nitrogen and oxygen atoms in total. The molecule has 0 atom stereocenters. The summed E-state index contributed by atoms with van der Waals surface area (Å²) in [5, 5.41) is 25.8. The van der Waals surface area contributed by atoms with Gasteiger partial charge >= 0.3 is 12.4 Å². The Labute approximate surface area is 242 Å². The molecule has 0 radical (unpaired) electrons. The molecule has 15 heteroatoms. The molecule has 1 aliphatic heterocycles. The lowest BCUT2D eigenvalue weighted by Gasteiger charge is -2.34. The van der Waals surface area contributed by atoms with E-state index in [0.717, 1.165) is 24.3 Å². The van der Waals surface area contributed by atoms with Crippen LogP contribution in [0.3, 0.4) is 0 Å². The van der Waals surface area contributed by atoms with E-state index in [1.54, 1.807) is 11.0 Å². The van der Waals surface area contributed by atoms with Gasteiger partial charge in [-0.25, -0.2) is 0 Å². The second-order valence-electron chi connectivity index (χ2n) is 10.6. The van der Waals surface area contributed by atoms with E-state index in [4.69, 9.17) is 10.00 Å². The van der Waals surface area contributed by atoms with Crippen molar-refractivity contribution in [3.8, 4) is 6.07 Å². The van der Waals surface area contributed by atoms with Crippen LogP contribution in [0.1, 0.15) is 55.2 Å². The molecule has 1 aliphatic carbocycles. The molecule has 0 aromatic heterocycles. The first-order valence-electron chi connectivity index (χ1n) is 13.6. The minimum Gasteiger partial charge on any atom is -0.382 e. The summed E-state index contributed by atoms with van der Waals surface area (Å²) in [6.45, 7) is 0.668. The van der Waals surface area contributed by atoms with Crippen molar-refractivity contribution in [3.05, 3.63) is 63.2 Å². The lowest BCUT2D eigenvalue weighted by atomic mass is 9.92.